The molecule has 0 aromatic rings. The Morgan fingerprint density at radius 1 is 1.30 bits per heavy atom. The molecule has 1 saturated heterocycles. The average molecular weight is 139 g/mol. The molecular formula is C8H18BN. The lowest BCUT2D eigenvalue weighted by molar-refractivity contribution is 0.327. The molecule has 0 atom stereocenters. The van der Waals surface area contributed by atoms with Crippen molar-refractivity contribution in [2.24, 2.45) is 5.41 Å². The smallest absolute Gasteiger partial charge is 0.122 e. The summed E-state index contributed by atoms with van der Waals surface area (Å²) in [4.78, 5) is 0. The van der Waals surface area contributed by atoms with Gasteiger partial charge in [0.15, 0.2) is 0 Å². The Balaban J connectivity index is 2.30. The first-order chi connectivity index (χ1) is 4.71. The molecule has 10 heavy (non-hydrogen) atoms. The van der Waals surface area contributed by atoms with Crippen molar-refractivity contribution in [3.05, 3.63) is 0 Å². The quantitative estimate of drug-likeness (QED) is 0.498. The van der Waals surface area contributed by atoms with Crippen LogP contribution in [-0.4, -0.2) is 20.4 Å². The molecule has 1 heterocycles. The van der Waals surface area contributed by atoms with Gasteiger partial charge in [0, 0.05) is 6.54 Å². The van der Waals surface area contributed by atoms with Crippen LogP contribution in [0.25, 0.3) is 0 Å². The van der Waals surface area contributed by atoms with Gasteiger partial charge in [-0.2, -0.15) is 0 Å². The molecule has 0 aromatic carbocycles. The minimum atomic E-state index is 0.542. The summed E-state index contributed by atoms with van der Waals surface area (Å²) < 4.78 is 0. The van der Waals surface area contributed by atoms with Crippen LogP contribution in [0.2, 0.25) is 12.6 Å². The number of hydrogen-bond donors (Lipinski definition) is 1. The Kier molecular flexibility index (Phi) is 2.78. The maximum atomic E-state index is 3.48. The summed E-state index contributed by atoms with van der Waals surface area (Å²) in [5.41, 5.74) is 0.542. The second-order valence-electron chi connectivity index (χ2n) is 4.15. The van der Waals surface area contributed by atoms with Gasteiger partial charge in [-0.05, 0) is 12.0 Å². The van der Waals surface area contributed by atoms with Crippen LogP contribution in [0, 0.1) is 5.41 Å². The molecule has 0 amide bonds. The third-order valence-electron chi connectivity index (χ3n) is 2.31. The lowest BCUT2D eigenvalue weighted by Gasteiger charge is -2.26. The van der Waals surface area contributed by atoms with Crippen molar-refractivity contribution in [2.75, 3.05) is 13.1 Å². The molecule has 2 heteroatoms. The Hall–Kier alpha value is 0.0249. The van der Waals surface area contributed by atoms with Crippen molar-refractivity contribution in [1.82, 2.24) is 5.32 Å². The van der Waals surface area contributed by atoms with E-state index in [9.17, 15) is 0 Å². The molecule has 1 rings (SSSR count). The van der Waals surface area contributed by atoms with Crippen LogP contribution in [0.5, 0.6) is 0 Å². The van der Waals surface area contributed by atoms with E-state index in [4.69, 9.17) is 0 Å². The second-order valence-corrected chi connectivity index (χ2v) is 4.15. The number of hydrogen-bond acceptors (Lipinski definition) is 1. The van der Waals surface area contributed by atoms with Gasteiger partial charge in [0.1, 0.15) is 7.28 Å². The molecule has 1 nitrogen and oxygen atoms in total. The minimum Gasteiger partial charge on any atom is -0.317 e. The molecule has 1 aliphatic heterocycles. The first-order valence-electron chi connectivity index (χ1n) is 4.41. The van der Waals surface area contributed by atoms with E-state index in [1.807, 2.05) is 0 Å². The summed E-state index contributed by atoms with van der Waals surface area (Å²) >= 11 is 0. The summed E-state index contributed by atoms with van der Waals surface area (Å²) in [6.07, 6.45) is 4.19. The van der Waals surface area contributed by atoms with Gasteiger partial charge in [-0.3, -0.25) is 0 Å². The zero-order valence-corrected chi connectivity index (χ0v) is 7.24. The van der Waals surface area contributed by atoms with Gasteiger partial charge >= 0.3 is 0 Å². The predicted octanol–water partition coefficient (Wildman–Crippen LogP) is 1.28. The van der Waals surface area contributed by atoms with Crippen LogP contribution >= 0.6 is 0 Å². The Morgan fingerprint density at radius 3 is 2.90 bits per heavy atom. The maximum Gasteiger partial charge on any atom is 0.122 e. The monoisotopic (exact) mass is 139 g/mol. The van der Waals surface area contributed by atoms with Crippen molar-refractivity contribution in [3.8, 4) is 0 Å². The highest BCUT2D eigenvalue weighted by Crippen LogP contribution is 2.22. The van der Waals surface area contributed by atoms with E-state index in [1.54, 1.807) is 0 Å². The van der Waals surface area contributed by atoms with Gasteiger partial charge in [0.25, 0.3) is 0 Å². The molecule has 0 spiro atoms. The van der Waals surface area contributed by atoms with E-state index in [0.29, 0.717) is 5.41 Å². The highest BCUT2D eigenvalue weighted by atomic mass is 14.9. The van der Waals surface area contributed by atoms with Crippen molar-refractivity contribution in [1.29, 1.82) is 0 Å². The third kappa shape index (κ3) is 2.74. The topological polar surface area (TPSA) is 12.0 Å². The SMILES string of the molecule is CC1(C)CCBCCNC1. The van der Waals surface area contributed by atoms with Gasteiger partial charge in [-0.1, -0.05) is 32.9 Å². The highest BCUT2D eigenvalue weighted by molar-refractivity contribution is 6.35. The Labute approximate surface area is 64.8 Å². The third-order valence-corrected chi connectivity index (χ3v) is 2.31. The average Bonchev–Trinajstić information content (AvgIpc) is 1.81. The lowest BCUT2D eigenvalue weighted by Crippen LogP contribution is -2.32. The molecule has 1 fully saturated rings. The maximum absolute atomic E-state index is 3.48. The van der Waals surface area contributed by atoms with Crippen LogP contribution < -0.4 is 5.32 Å². The summed E-state index contributed by atoms with van der Waals surface area (Å²) in [6.45, 7) is 7.13. The van der Waals surface area contributed by atoms with Gasteiger partial charge in [-0.15, -0.1) is 0 Å². The summed E-state index contributed by atoms with van der Waals surface area (Å²) in [6, 6.07) is 0. The van der Waals surface area contributed by atoms with E-state index in [1.165, 1.54) is 39.4 Å². The van der Waals surface area contributed by atoms with Crippen LogP contribution in [0.3, 0.4) is 0 Å². The fraction of sp³-hybridized carbons (Fsp3) is 1.00. The van der Waals surface area contributed by atoms with Gasteiger partial charge in [0.05, 0.1) is 0 Å². The summed E-state index contributed by atoms with van der Waals surface area (Å²) in [7, 11) is 1.41. The van der Waals surface area contributed by atoms with Crippen LogP contribution in [0.4, 0.5) is 0 Å². The minimum absolute atomic E-state index is 0.542. The molecule has 0 bridgehead atoms. The zero-order valence-electron chi connectivity index (χ0n) is 7.24. The molecule has 0 aromatic heterocycles. The number of nitrogens with one attached hydrogen (secondary N) is 1. The molecule has 1 N–H and O–H groups in total. The Bertz CT molecular complexity index is 91.4. The first kappa shape index (κ1) is 8.12. The fourth-order valence-corrected chi connectivity index (χ4v) is 1.55. The van der Waals surface area contributed by atoms with E-state index < -0.39 is 0 Å². The molecule has 1 aliphatic rings. The van der Waals surface area contributed by atoms with Gasteiger partial charge in [0.2, 0.25) is 0 Å². The van der Waals surface area contributed by atoms with Gasteiger partial charge < -0.3 is 5.32 Å². The van der Waals surface area contributed by atoms with Gasteiger partial charge in [-0.25, -0.2) is 0 Å². The van der Waals surface area contributed by atoms with E-state index >= 15 is 0 Å². The van der Waals surface area contributed by atoms with E-state index in [0.717, 1.165) is 0 Å². The molecule has 0 radical (unpaired) electrons. The van der Waals surface area contributed by atoms with Crippen LogP contribution in [0.15, 0.2) is 0 Å². The normalized spacial score (nSPS) is 26.2. The second kappa shape index (κ2) is 3.43. The first-order valence-corrected chi connectivity index (χ1v) is 4.41. The highest BCUT2D eigenvalue weighted by Gasteiger charge is 2.17. The van der Waals surface area contributed by atoms with Crippen molar-refractivity contribution < 1.29 is 0 Å². The van der Waals surface area contributed by atoms with E-state index in [2.05, 4.69) is 19.2 Å². The molecule has 0 saturated carbocycles. The van der Waals surface area contributed by atoms with Crippen molar-refractivity contribution in [3.63, 3.8) is 0 Å². The Morgan fingerprint density at radius 2 is 2.10 bits per heavy atom. The predicted molar refractivity (Wildman–Crippen MR) is 48.0 cm³/mol. The molecule has 0 aliphatic carbocycles. The lowest BCUT2D eigenvalue weighted by atomic mass is 9.65. The van der Waals surface area contributed by atoms with Crippen molar-refractivity contribution in [2.45, 2.75) is 32.9 Å². The standard InChI is InChI=1S/C8H18BN/c1-8(2)3-4-9-5-6-10-7-8/h9-10H,3-7H2,1-2H3. The van der Waals surface area contributed by atoms with Crippen LogP contribution in [-0.2, 0) is 0 Å². The summed E-state index contributed by atoms with van der Waals surface area (Å²) in [5, 5.41) is 3.48. The zero-order chi connectivity index (χ0) is 7.45. The number of rotatable bonds is 0. The molecular weight excluding hydrogens is 121 g/mol. The molecule has 58 valence electrons. The van der Waals surface area contributed by atoms with Crippen LogP contribution in [0.1, 0.15) is 20.3 Å². The summed E-state index contributed by atoms with van der Waals surface area (Å²) in [5.74, 6) is 0. The van der Waals surface area contributed by atoms with E-state index in [-0.39, 0.29) is 0 Å². The van der Waals surface area contributed by atoms with Crippen molar-refractivity contribution >= 4 is 7.28 Å². The fourth-order valence-electron chi connectivity index (χ4n) is 1.55. The molecule has 0 unspecified atom stereocenters. The largest absolute Gasteiger partial charge is 0.317 e.